The first kappa shape index (κ1) is 13.1. The van der Waals surface area contributed by atoms with Crippen LogP contribution in [0.2, 0.25) is 0 Å². The molecule has 1 saturated heterocycles. The van der Waals surface area contributed by atoms with Crippen molar-refractivity contribution in [2.75, 3.05) is 23.7 Å². The summed E-state index contributed by atoms with van der Waals surface area (Å²) < 4.78 is 0. The molecule has 0 aliphatic carbocycles. The minimum Gasteiger partial charge on any atom is -0.399 e. The van der Waals surface area contributed by atoms with Crippen LogP contribution in [0.15, 0.2) is 42.5 Å². The molecule has 2 aromatic carbocycles. The molecule has 1 aliphatic heterocycles. The van der Waals surface area contributed by atoms with Gasteiger partial charge in [-0.15, -0.1) is 10.2 Å². The van der Waals surface area contributed by atoms with E-state index in [0.29, 0.717) is 5.69 Å². The van der Waals surface area contributed by atoms with Crippen LogP contribution in [0.3, 0.4) is 0 Å². The highest BCUT2D eigenvalue weighted by Crippen LogP contribution is 2.22. The van der Waals surface area contributed by atoms with Crippen molar-refractivity contribution in [3.05, 3.63) is 42.5 Å². The van der Waals surface area contributed by atoms with Crippen molar-refractivity contribution in [3.63, 3.8) is 0 Å². The summed E-state index contributed by atoms with van der Waals surface area (Å²) in [7, 11) is 0. The van der Waals surface area contributed by atoms with Crippen molar-refractivity contribution in [2.45, 2.75) is 19.3 Å². The molecule has 2 heterocycles. The Labute approximate surface area is 129 Å². The fraction of sp³-hybridized carbons (Fsp3) is 0.294. The maximum Gasteiger partial charge on any atom is 0.115 e. The molecule has 22 heavy (non-hydrogen) atoms. The number of piperidine rings is 1. The molecular formula is C17H19N5. The average Bonchev–Trinajstić information content (AvgIpc) is 2.99. The Morgan fingerprint density at radius 2 is 1.45 bits per heavy atom. The summed E-state index contributed by atoms with van der Waals surface area (Å²) in [5.74, 6) is 0. The van der Waals surface area contributed by atoms with Gasteiger partial charge in [0, 0.05) is 24.5 Å². The molecule has 4 rings (SSSR count). The zero-order chi connectivity index (χ0) is 14.9. The second-order valence-electron chi connectivity index (χ2n) is 5.80. The Morgan fingerprint density at radius 3 is 2.23 bits per heavy atom. The molecule has 0 unspecified atom stereocenters. The number of nitrogens with two attached hydrogens (primary N) is 1. The van der Waals surface area contributed by atoms with E-state index >= 15 is 0 Å². The van der Waals surface area contributed by atoms with Crippen LogP contribution >= 0.6 is 0 Å². The summed E-state index contributed by atoms with van der Waals surface area (Å²) in [5.41, 5.74) is 10.4. The van der Waals surface area contributed by atoms with Gasteiger partial charge in [0.15, 0.2) is 0 Å². The minimum atomic E-state index is 0.708. The standard InChI is InChI=1S/C17H19N5/c18-13-4-9-16-17(12-13)20-22(19-16)15-7-5-14(6-8-15)21-10-2-1-3-11-21/h4-9,12H,1-3,10-11,18H2. The van der Waals surface area contributed by atoms with Crippen molar-refractivity contribution in [1.29, 1.82) is 0 Å². The summed E-state index contributed by atoms with van der Waals surface area (Å²) >= 11 is 0. The molecule has 2 N–H and O–H groups in total. The highest BCUT2D eigenvalue weighted by atomic mass is 15.5. The number of benzene rings is 2. The topological polar surface area (TPSA) is 60.0 Å². The van der Waals surface area contributed by atoms with Crippen LogP contribution in [0, 0.1) is 0 Å². The summed E-state index contributed by atoms with van der Waals surface area (Å²) in [5, 5.41) is 9.00. The zero-order valence-corrected chi connectivity index (χ0v) is 12.4. The molecule has 1 aromatic heterocycles. The maximum absolute atomic E-state index is 5.79. The lowest BCUT2D eigenvalue weighted by atomic mass is 10.1. The second-order valence-corrected chi connectivity index (χ2v) is 5.80. The highest BCUT2D eigenvalue weighted by molar-refractivity contribution is 5.77. The van der Waals surface area contributed by atoms with E-state index < -0.39 is 0 Å². The van der Waals surface area contributed by atoms with Gasteiger partial charge in [-0.1, -0.05) is 0 Å². The van der Waals surface area contributed by atoms with Crippen LogP contribution in [0.1, 0.15) is 19.3 Å². The third kappa shape index (κ3) is 2.39. The summed E-state index contributed by atoms with van der Waals surface area (Å²) in [6.45, 7) is 2.31. The summed E-state index contributed by atoms with van der Waals surface area (Å²) in [6, 6.07) is 14.1. The van der Waals surface area contributed by atoms with Gasteiger partial charge in [0.2, 0.25) is 0 Å². The van der Waals surface area contributed by atoms with Crippen molar-refractivity contribution >= 4 is 22.4 Å². The van der Waals surface area contributed by atoms with Crippen LogP contribution in [0.5, 0.6) is 0 Å². The Balaban J connectivity index is 1.63. The number of hydrogen-bond donors (Lipinski definition) is 1. The molecule has 0 bridgehead atoms. The van der Waals surface area contributed by atoms with Gasteiger partial charge in [0.1, 0.15) is 11.0 Å². The second kappa shape index (κ2) is 5.33. The van der Waals surface area contributed by atoms with E-state index in [4.69, 9.17) is 5.73 Å². The zero-order valence-electron chi connectivity index (χ0n) is 12.4. The van der Waals surface area contributed by atoms with E-state index in [1.807, 2.05) is 18.2 Å². The lowest BCUT2D eigenvalue weighted by Crippen LogP contribution is -2.29. The monoisotopic (exact) mass is 293 g/mol. The molecule has 0 amide bonds. The van der Waals surface area contributed by atoms with E-state index in [0.717, 1.165) is 29.8 Å². The number of fused-ring (bicyclic) bond motifs is 1. The van der Waals surface area contributed by atoms with Gasteiger partial charge in [0.05, 0.1) is 5.69 Å². The fourth-order valence-electron chi connectivity index (χ4n) is 3.00. The van der Waals surface area contributed by atoms with Gasteiger partial charge >= 0.3 is 0 Å². The maximum atomic E-state index is 5.79. The molecule has 112 valence electrons. The van der Waals surface area contributed by atoms with Crippen LogP contribution in [-0.4, -0.2) is 28.1 Å². The number of rotatable bonds is 2. The molecular weight excluding hydrogens is 274 g/mol. The van der Waals surface area contributed by atoms with Gasteiger partial charge in [-0.3, -0.25) is 0 Å². The predicted molar refractivity (Wildman–Crippen MR) is 89.3 cm³/mol. The lowest BCUT2D eigenvalue weighted by molar-refractivity contribution is 0.578. The van der Waals surface area contributed by atoms with E-state index in [9.17, 15) is 0 Å². The lowest BCUT2D eigenvalue weighted by Gasteiger charge is -2.28. The molecule has 1 fully saturated rings. The third-order valence-corrected chi connectivity index (χ3v) is 4.21. The van der Waals surface area contributed by atoms with E-state index in [1.54, 1.807) is 4.80 Å². The van der Waals surface area contributed by atoms with Crippen LogP contribution in [0.25, 0.3) is 16.7 Å². The van der Waals surface area contributed by atoms with Gasteiger partial charge in [-0.2, -0.15) is 4.80 Å². The predicted octanol–water partition coefficient (Wildman–Crippen LogP) is 2.99. The van der Waals surface area contributed by atoms with Crippen molar-refractivity contribution in [2.24, 2.45) is 0 Å². The number of nitrogen functional groups attached to an aromatic ring is 1. The number of aromatic nitrogens is 3. The number of nitrogens with zero attached hydrogens (tertiary/aromatic N) is 4. The molecule has 5 heteroatoms. The molecule has 1 aliphatic rings. The molecule has 5 nitrogen and oxygen atoms in total. The van der Waals surface area contributed by atoms with Crippen molar-refractivity contribution in [1.82, 2.24) is 15.0 Å². The first-order valence-corrected chi connectivity index (χ1v) is 7.77. The number of anilines is 2. The fourth-order valence-corrected chi connectivity index (χ4v) is 3.00. The molecule has 3 aromatic rings. The van der Waals surface area contributed by atoms with Crippen LogP contribution < -0.4 is 10.6 Å². The Morgan fingerprint density at radius 1 is 0.773 bits per heavy atom. The first-order valence-electron chi connectivity index (χ1n) is 7.77. The molecule has 0 saturated carbocycles. The Bertz CT molecular complexity index is 784. The normalized spacial score (nSPS) is 15.4. The average molecular weight is 293 g/mol. The third-order valence-electron chi connectivity index (χ3n) is 4.21. The van der Waals surface area contributed by atoms with Crippen LogP contribution in [-0.2, 0) is 0 Å². The Hall–Kier alpha value is -2.56. The van der Waals surface area contributed by atoms with Crippen molar-refractivity contribution in [3.8, 4) is 5.69 Å². The quantitative estimate of drug-likeness (QED) is 0.738. The molecule has 0 atom stereocenters. The van der Waals surface area contributed by atoms with Crippen molar-refractivity contribution < 1.29 is 0 Å². The number of hydrogen-bond acceptors (Lipinski definition) is 4. The van der Waals surface area contributed by atoms with Gasteiger partial charge in [0.25, 0.3) is 0 Å². The highest BCUT2D eigenvalue weighted by Gasteiger charge is 2.11. The molecule has 0 spiro atoms. The largest absolute Gasteiger partial charge is 0.399 e. The Kier molecular flexibility index (Phi) is 3.18. The van der Waals surface area contributed by atoms with E-state index in [1.165, 1.54) is 24.9 Å². The van der Waals surface area contributed by atoms with E-state index in [2.05, 4.69) is 39.4 Å². The minimum absolute atomic E-state index is 0.708. The van der Waals surface area contributed by atoms with Crippen LogP contribution in [0.4, 0.5) is 11.4 Å². The smallest absolute Gasteiger partial charge is 0.115 e. The summed E-state index contributed by atoms with van der Waals surface area (Å²) in [6.07, 6.45) is 3.92. The van der Waals surface area contributed by atoms with E-state index in [-0.39, 0.29) is 0 Å². The first-order chi connectivity index (χ1) is 10.8. The summed E-state index contributed by atoms with van der Waals surface area (Å²) in [4.78, 5) is 4.12. The van der Waals surface area contributed by atoms with Gasteiger partial charge < -0.3 is 10.6 Å². The van der Waals surface area contributed by atoms with Gasteiger partial charge in [-0.25, -0.2) is 0 Å². The van der Waals surface area contributed by atoms with Gasteiger partial charge in [-0.05, 0) is 61.7 Å². The molecule has 0 radical (unpaired) electrons. The SMILES string of the molecule is Nc1ccc2nn(-c3ccc(N4CCCCC4)cc3)nc2c1.